The lowest BCUT2D eigenvalue weighted by Gasteiger charge is -2.13. The standard InChI is InChI=1S/C17H15N3/c18-10-14(9-13-8-11-5-6-12(13)7-11)17-19-15-3-1-2-4-16(15)20-17/h1-6,9,11-13H,7-8H2,(H,19,20)/b14-9+/t11-,12-,13+/m0/s1. The fraction of sp³-hybridized carbons (Fsp3) is 0.294. The largest absolute Gasteiger partial charge is 0.337 e. The van der Waals surface area contributed by atoms with Crippen molar-refractivity contribution in [1.29, 1.82) is 5.26 Å². The summed E-state index contributed by atoms with van der Waals surface area (Å²) < 4.78 is 0. The molecule has 1 aromatic carbocycles. The van der Waals surface area contributed by atoms with Crippen molar-refractivity contribution in [2.45, 2.75) is 12.8 Å². The zero-order chi connectivity index (χ0) is 13.5. The number of aromatic nitrogens is 2. The fourth-order valence-corrected chi connectivity index (χ4v) is 3.48. The Bertz CT molecular complexity index is 727. The van der Waals surface area contributed by atoms with Gasteiger partial charge < -0.3 is 4.98 Å². The smallest absolute Gasteiger partial charge is 0.148 e. The molecule has 1 aromatic heterocycles. The van der Waals surface area contributed by atoms with Crippen LogP contribution in [0.15, 0.2) is 42.5 Å². The molecule has 1 heterocycles. The highest BCUT2D eigenvalue weighted by Gasteiger charge is 2.34. The first-order valence-corrected chi connectivity index (χ1v) is 7.09. The second kappa shape index (κ2) is 4.35. The molecule has 1 fully saturated rings. The van der Waals surface area contributed by atoms with Gasteiger partial charge in [0.05, 0.1) is 16.6 Å². The van der Waals surface area contributed by atoms with E-state index < -0.39 is 0 Å². The van der Waals surface area contributed by atoms with Crippen molar-refractivity contribution in [3.63, 3.8) is 0 Å². The first kappa shape index (κ1) is 11.5. The van der Waals surface area contributed by atoms with Gasteiger partial charge in [-0.2, -0.15) is 5.26 Å². The minimum absolute atomic E-state index is 0.493. The summed E-state index contributed by atoms with van der Waals surface area (Å²) in [6.07, 6.45) is 9.17. The van der Waals surface area contributed by atoms with Crippen LogP contribution in [0.25, 0.3) is 16.6 Å². The second-order valence-electron chi connectivity index (χ2n) is 5.74. The molecule has 98 valence electrons. The molecular formula is C17H15N3. The molecule has 20 heavy (non-hydrogen) atoms. The zero-order valence-electron chi connectivity index (χ0n) is 11.1. The monoisotopic (exact) mass is 261 g/mol. The third-order valence-corrected chi connectivity index (χ3v) is 4.48. The number of nitrogens with zero attached hydrogens (tertiary/aromatic N) is 2. The van der Waals surface area contributed by atoms with E-state index in [9.17, 15) is 5.26 Å². The van der Waals surface area contributed by atoms with Crippen LogP contribution in [0.4, 0.5) is 0 Å². The van der Waals surface area contributed by atoms with Gasteiger partial charge in [-0.1, -0.05) is 30.4 Å². The van der Waals surface area contributed by atoms with Gasteiger partial charge >= 0.3 is 0 Å². The van der Waals surface area contributed by atoms with E-state index in [0.29, 0.717) is 23.2 Å². The number of fused-ring (bicyclic) bond motifs is 3. The number of aromatic amines is 1. The van der Waals surface area contributed by atoms with E-state index >= 15 is 0 Å². The van der Waals surface area contributed by atoms with E-state index in [1.165, 1.54) is 12.8 Å². The lowest BCUT2D eigenvalue weighted by molar-refractivity contribution is 0.551. The molecule has 2 aliphatic carbocycles. The highest BCUT2D eigenvalue weighted by molar-refractivity contribution is 5.82. The van der Waals surface area contributed by atoms with Gasteiger partial charge in [-0.3, -0.25) is 0 Å². The number of rotatable bonds is 2. The van der Waals surface area contributed by atoms with Gasteiger partial charge in [-0.25, -0.2) is 4.98 Å². The van der Waals surface area contributed by atoms with Crippen molar-refractivity contribution in [3.05, 3.63) is 48.3 Å². The quantitative estimate of drug-likeness (QED) is 0.662. The van der Waals surface area contributed by atoms with Crippen molar-refractivity contribution in [2.75, 3.05) is 0 Å². The Morgan fingerprint density at radius 2 is 2.20 bits per heavy atom. The number of nitriles is 1. The minimum atomic E-state index is 0.493. The first-order valence-electron chi connectivity index (χ1n) is 7.09. The van der Waals surface area contributed by atoms with Crippen LogP contribution in [-0.4, -0.2) is 9.97 Å². The highest BCUT2D eigenvalue weighted by atomic mass is 14.9. The van der Waals surface area contributed by atoms with Crippen LogP contribution in [0.5, 0.6) is 0 Å². The van der Waals surface area contributed by atoms with Gasteiger partial charge in [-0.15, -0.1) is 0 Å². The predicted molar refractivity (Wildman–Crippen MR) is 78.5 cm³/mol. The summed E-state index contributed by atoms with van der Waals surface area (Å²) in [7, 11) is 0. The van der Waals surface area contributed by atoms with Gasteiger partial charge in [0, 0.05) is 0 Å². The molecule has 0 aliphatic heterocycles. The summed E-state index contributed by atoms with van der Waals surface area (Å²) in [6.45, 7) is 0. The van der Waals surface area contributed by atoms with Gasteiger partial charge in [0.2, 0.25) is 0 Å². The van der Waals surface area contributed by atoms with Crippen LogP contribution >= 0.6 is 0 Å². The van der Waals surface area contributed by atoms with Crippen molar-refractivity contribution in [3.8, 4) is 6.07 Å². The number of para-hydroxylation sites is 2. The summed E-state index contributed by atoms with van der Waals surface area (Å²) in [6, 6.07) is 10.2. The average molecular weight is 261 g/mol. The minimum Gasteiger partial charge on any atom is -0.337 e. The lowest BCUT2D eigenvalue weighted by Crippen LogP contribution is -2.04. The van der Waals surface area contributed by atoms with Crippen LogP contribution in [0.1, 0.15) is 18.7 Å². The average Bonchev–Trinajstić information content (AvgIpc) is 3.18. The van der Waals surface area contributed by atoms with Crippen LogP contribution in [0.3, 0.4) is 0 Å². The highest BCUT2D eigenvalue weighted by Crippen LogP contribution is 2.44. The number of H-pyrrole nitrogens is 1. The Balaban J connectivity index is 1.71. The molecule has 0 spiro atoms. The normalized spacial score (nSPS) is 28.1. The Kier molecular flexibility index (Phi) is 2.50. The molecule has 1 N–H and O–H groups in total. The molecule has 3 heteroatoms. The number of imidazole rings is 1. The van der Waals surface area contributed by atoms with E-state index in [0.717, 1.165) is 17.0 Å². The Morgan fingerprint density at radius 3 is 2.90 bits per heavy atom. The van der Waals surface area contributed by atoms with E-state index in [2.05, 4.69) is 34.3 Å². The molecule has 0 unspecified atom stereocenters. The van der Waals surface area contributed by atoms with Gasteiger partial charge in [0.25, 0.3) is 0 Å². The maximum absolute atomic E-state index is 9.44. The molecule has 4 rings (SSSR count). The molecule has 2 aliphatic rings. The summed E-state index contributed by atoms with van der Waals surface area (Å²) in [4.78, 5) is 7.77. The first-order chi connectivity index (χ1) is 9.83. The SMILES string of the molecule is N#C/C(=C\[C@H]1C[C@H]2C=C[C@H]1C2)c1nc2ccccc2[nH]1. The van der Waals surface area contributed by atoms with Crippen molar-refractivity contribution >= 4 is 16.6 Å². The summed E-state index contributed by atoms with van der Waals surface area (Å²) >= 11 is 0. The van der Waals surface area contributed by atoms with Crippen molar-refractivity contribution in [1.82, 2.24) is 9.97 Å². The van der Waals surface area contributed by atoms with E-state index in [1.54, 1.807) is 0 Å². The number of hydrogen-bond donors (Lipinski definition) is 1. The van der Waals surface area contributed by atoms with Crippen LogP contribution in [0.2, 0.25) is 0 Å². The molecule has 1 saturated carbocycles. The summed E-state index contributed by atoms with van der Waals surface area (Å²) in [5.74, 6) is 2.53. The second-order valence-corrected chi connectivity index (χ2v) is 5.74. The maximum Gasteiger partial charge on any atom is 0.148 e. The summed E-state index contributed by atoms with van der Waals surface area (Å²) in [5, 5.41) is 9.44. The van der Waals surface area contributed by atoms with E-state index in [1.807, 2.05) is 24.3 Å². The maximum atomic E-state index is 9.44. The number of nitrogens with one attached hydrogen (secondary N) is 1. The summed E-state index contributed by atoms with van der Waals surface area (Å²) in [5.41, 5.74) is 2.57. The lowest BCUT2D eigenvalue weighted by atomic mass is 9.91. The Hall–Kier alpha value is -2.34. The molecule has 3 nitrogen and oxygen atoms in total. The van der Waals surface area contributed by atoms with Gasteiger partial charge in [0.1, 0.15) is 11.9 Å². The van der Waals surface area contributed by atoms with E-state index in [4.69, 9.17) is 0 Å². The molecule has 0 amide bonds. The topological polar surface area (TPSA) is 52.5 Å². The van der Waals surface area contributed by atoms with Crippen LogP contribution < -0.4 is 0 Å². The van der Waals surface area contributed by atoms with Crippen molar-refractivity contribution < 1.29 is 0 Å². The Morgan fingerprint density at radius 1 is 1.30 bits per heavy atom. The molecule has 0 saturated heterocycles. The molecular weight excluding hydrogens is 246 g/mol. The number of benzene rings is 1. The third kappa shape index (κ3) is 1.77. The van der Waals surface area contributed by atoms with Gasteiger partial charge in [-0.05, 0) is 42.7 Å². The fourth-order valence-electron chi connectivity index (χ4n) is 3.48. The number of allylic oxidation sites excluding steroid dienone is 4. The van der Waals surface area contributed by atoms with Crippen molar-refractivity contribution in [2.24, 2.45) is 17.8 Å². The Labute approximate surface area is 117 Å². The number of hydrogen-bond acceptors (Lipinski definition) is 2. The van der Waals surface area contributed by atoms with E-state index in [-0.39, 0.29) is 0 Å². The third-order valence-electron chi connectivity index (χ3n) is 4.48. The molecule has 2 bridgehead atoms. The molecule has 2 aromatic rings. The zero-order valence-corrected chi connectivity index (χ0v) is 11.1. The molecule has 0 radical (unpaired) electrons. The predicted octanol–water partition coefficient (Wildman–Crippen LogP) is 3.68. The van der Waals surface area contributed by atoms with Crippen LogP contribution in [0, 0.1) is 29.1 Å². The van der Waals surface area contributed by atoms with Crippen LogP contribution in [-0.2, 0) is 0 Å². The molecule has 3 atom stereocenters. The van der Waals surface area contributed by atoms with Gasteiger partial charge in [0.15, 0.2) is 0 Å².